The van der Waals surface area contributed by atoms with Gasteiger partial charge in [-0.15, -0.1) is 0 Å². The third-order valence-electron chi connectivity index (χ3n) is 3.21. The van der Waals surface area contributed by atoms with E-state index in [0.29, 0.717) is 11.7 Å². The summed E-state index contributed by atoms with van der Waals surface area (Å²) in [6, 6.07) is 9.84. The van der Waals surface area contributed by atoms with Gasteiger partial charge in [0.15, 0.2) is 5.82 Å². The zero-order valence-electron chi connectivity index (χ0n) is 12.1. The van der Waals surface area contributed by atoms with Crippen molar-refractivity contribution in [2.24, 2.45) is 5.92 Å². The number of aromatic nitrogens is 1. The predicted molar refractivity (Wildman–Crippen MR) is 78.5 cm³/mol. The second kappa shape index (κ2) is 6.37. The Bertz CT molecular complexity index is 544. The van der Waals surface area contributed by atoms with Crippen molar-refractivity contribution in [2.75, 3.05) is 5.32 Å². The lowest BCUT2D eigenvalue weighted by Crippen LogP contribution is -2.19. The van der Waals surface area contributed by atoms with Crippen LogP contribution < -0.4 is 5.32 Å². The summed E-state index contributed by atoms with van der Waals surface area (Å²) in [5.74, 6) is 0.766. The maximum absolute atomic E-state index is 12.1. The highest BCUT2D eigenvalue weighted by molar-refractivity contribution is 5.94. The summed E-state index contributed by atoms with van der Waals surface area (Å²) in [6.45, 7) is 6.27. The van der Waals surface area contributed by atoms with Gasteiger partial charge < -0.3 is 9.84 Å². The molecule has 20 heavy (non-hydrogen) atoms. The second-order valence-corrected chi connectivity index (χ2v) is 5.44. The van der Waals surface area contributed by atoms with Crippen molar-refractivity contribution in [2.45, 2.75) is 33.1 Å². The van der Waals surface area contributed by atoms with E-state index in [1.807, 2.05) is 19.1 Å². The van der Waals surface area contributed by atoms with Crippen LogP contribution in [0.4, 0.5) is 5.82 Å². The fourth-order valence-electron chi connectivity index (χ4n) is 2.08. The van der Waals surface area contributed by atoms with E-state index in [1.54, 1.807) is 6.07 Å². The molecule has 1 amide bonds. The summed E-state index contributed by atoms with van der Waals surface area (Å²) >= 11 is 0. The second-order valence-electron chi connectivity index (χ2n) is 5.44. The van der Waals surface area contributed by atoms with Crippen LogP contribution in [-0.2, 0) is 11.2 Å². The number of nitrogens with one attached hydrogen (secondary N) is 1. The van der Waals surface area contributed by atoms with Crippen molar-refractivity contribution >= 4 is 11.7 Å². The highest BCUT2D eigenvalue weighted by Gasteiger charge is 2.16. The quantitative estimate of drug-likeness (QED) is 0.904. The summed E-state index contributed by atoms with van der Waals surface area (Å²) in [4.78, 5) is 12.1. The van der Waals surface area contributed by atoms with Gasteiger partial charge in [-0.25, -0.2) is 0 Å². The zero-order valence-corrected chi connectivity index (χ0v) is 12.1. The molecular formula is C16H20N2O2. The Morgan fingerprint density at radius 1 is 1.20 bits per heavy atom. The van der Waals surface area contributed by atoms with Gasteiger partial charge in [0.2, 0.25) is 5.91 Å². The van der Waals surface area contributed by atoms with Crippen LogP contribution in [0.1, 0.15) is 37.8 Å². The average molecular weight is 272 g/mol. The fourth-order valence-corrected chi connectivity index (χ4v) is 2.08. The molecule has 0 bridgehead atoms. The van der Waals surface area contributed by atoms with Gasteiger partial charge in [-0.2, -0.15) is 0 Å². The summed E-state index contributed by atoms with van der Waals surface area (Å²) in [5, 5.41) is 6.40. The van der Waals surface area contributed by atoms with Crippen LogP contribution in [0.5, 0.6) is 0 Å². The van der Waals surface area contributed by atoms with E-state index < -0.39 is 0 Å². The molecule has 0 saturated heterocycles. The van der Waals surface area contributed by atoms with Gasteiger partial charge in [0.1, 0.15) is 6.26 Å². The van der Waals surface area contributed by atoms with Crippen LogP contribution in [0, 0.1) is 5.92 Å². The highest BCUT2D eigenvalue weighted by Crippen LogP contribution is 2.19. The molecule has 1 aromatic heterocycles. The van der Waals surface area contributed by atoms with Gasteiger partial charge in [-0.05, 0) is 30.4 Å². The van der Waals surface area contributed by atoms with E-state index in [2.05, 4.69) is 41.0 Å². The third-order valence-corrected chi connectivity index (χ3v) is 3.21. The summed E-state index contributed by atoms with van der Waals surface area (Å²) < 4.78 is 4.69. The molecule has 1 atom stereocenters. The number of hydrogen-bond donors (Lipinski definition) is 1. The lowest BCUT2D eigenvalue weighted by molar-refractivity contribution is -0.117. The minimum atomic E-state index is -0.222. The molecule has 0 aliphatic rings. The molecule has 1 aromatic carbocycles. The number of amides is 1. The fraction of sp³-hybridized carbons (Fsp3) is 0.375. The Balaban J connectivity index is 2.01. The molecular weight excluding hydrogens is 252 g/mol. The number of hydrogen-bond acceptors (Lipinski definition) is 3. The topological polar surface area (TPSA) is 55.1 Å². The van der Waals surface area contributed by atoms with Crippen molar-refractivity contribution in [3.05, 3.63) is 47.7 Å². The van der Waals surface area contributed by atoms with Gasteiger partial charge in [0.25, 0.3) is 0 Å². The number of carbonyl (C=O) groups excluding carboxylic acids is 1. The first-order chi connectivity index (χ1) is 9.56. The van der Waals surface area contributed by atoms with Crippen LogP contribution in [0.15, 0.2) is 41.1 Å². The lowest BCUT2D eigenvalue weighted by atomic mass is 9.96. The standard InChI is InChI=1S/C16H20N2O2/c1-11(2)10-13-4-6-14(7-5-13)12(3)16(19)17-15-8-9-20-18-15/h4-9,11-12H,10H2,1-3H3,(H,17,18,19)/t12-/m1/s1. The zero-order chi connectivity index (χ0) is 14.5. The molecule has 4 nitrogen and oxygen atoms in total. The molecule has 0 radical (unpaired) electrons. The van der Waals surface area contributed by atoms with Crippen LogP contribution in [0.2, 0.25) is 0 Å². The maximum atomic E-state index is 12.1. The van der Waals surface area contributed by atoms with Crippen molar-refractivity contribution in [3.8, 4) is 0 Å². The van der Waals surface area contributed by atoms with Crippen LogP contribution in [-0.4, -0.2) is 11.1 Å². The molecule has 1 N–H and O–H groups in total. The minimum absolute atomic E-state index is 0.0875. The van der Waals surface area contributed by atoms with Crippen molar-refractivity contribution in [1.29, 1.82) is 0 Å². The molecule has 0 saturated carbocycles. The molecule has 0 unspecified atom stereocenters. The first-order valence-corrected chi connectivity index (χ1v) is 6.86. The number of anilines is 1. The number of benzene rings is 1. The van der Waals surface area contributed by atoms with Gasteiger partial charge in [0.05, 0.1) is 5.92 Å². The van der Waals surface area contributed by atoms with E-state index >= 15 is 0 Å². The Morgan fingerprint density at radius 3 is 2.45 bits per heavy atom. The van der Waals surface area contributed by atoms with E-state index in [9.17, 15) is 4.79 Å². The van der Waals surface area contributed by atoms with E-state index in [1.165, 1.54) is 11.8 Å². The monoisotopic (exact) mass is 272 g/mol. The maximum Gasteiger partial charge on any atom is 0.232 e. The first-order valence-electron chi connectivity index (χ1n) is 6.86. The Hall–Kier alpha value is -2.10. The summed E-state index contributed by atoms with van der Waals surface area (Å²) in [7, 11) is 0. The molecule has 1 heterocycles. The number of nitrogens with zero attached hydrogens (tertiary/aromatic N) is 1. The Morgan fingerprint density at radius 2 is 1.90 bits per heavy atom. The van der Waals surface area contributed by atoms with Crippen molar-refractivity contribution in [1.82, 2.24) is 5.16 Å². The largest absolute Gasteiger partial charge is 0.363 e. The van der Waals surface area contributed by atoms with Crippen LogP contribution in [0.25, 0.3) is 0 Å². The van der Waals surface area contributed by atoms with Gasteiger partial charge in [-0.3, -0.25) is 4.79 Å². The lowest BCUT2D eigenvalue weighted by Gasteiger charge is -2.12. The Labute approximate surface area is 119 Å². The summed E-state index contributed by atoms with van der Waals surface area (Å²) in [6.07, 6.45) is 2.49. The van der Waals surface area contributed by atoms with E-state index in [0.717, 1.165) is 12.0 Å². The Kier molecular flexibility index (Phi) is 4.56. The SMILES string of the molecule is CC(C)Cc1ccc([C@@H](C)C(=O)Nc2ccon2)cc1. The van der Waals surface area contributed by atoms with Crippen LogP contribution >= 0.6 is 0 Å². The molecule has 0 spiro atoms. The molecule has 106 valence electrons. The normalized spacial score (nSPS) is 12.4. The van der Waals surface area contributed by atoms with Gasteiger partial charge in [0, 0.05) is 6.07 Å². The van der Waals surface area contributed by atoms with Crippen molar-refractivity contribution in [3.63, 3.8) is 0 Å². The third kappa shape index (κ3) is 3.70. The highest BCUT2D eigenvalue weighted by atomic mass is 16.5. The molecule has 0 aliphatic carbocycles. The van der Waals surface area contributed by atoms with E-state index in [4.69, 9.17) is 0 Å². The number of carbonyl (C=O) groups is 1. The molecule has 4 heteroatoms. The van der Waals surface area contributed by atoms with Crippen LogP contribution in [0.3, 0.4) is 0 Å². The molecule has 2 aromatic rings. The summed E-state index contributed by atoms with van der Waals surface area (Å²) in [5.41, 5.74) is 2.30. The van der Waals surface area contributed by atoms with Gasteiger partial charge in [-0.1, -0.05) is 43.3 Å². The minimum Gasteiger partial charge on any atom is -0.363 e. The van der Waals surface area contributed by atoms with E-state index in [-0.39, 0.29) is 11.8 Å². The first kappa shape index (κ1) is 14.3. The average Bonchev–Trinajstić information content (AvgIpc) is 2.91. The molecule has 0 aliphatic heterocycles. The van der Waals surface area contributed by atoms with Crippen molar-refractivity contribution < 1.29 is 9.32 Å². The predicted octanol–water partition coefficient (Wildman–Crippen LogP) is 3.62. The smallest absolute Gasteiger partial charge is 0.232 e. The van der Waals surface area contributed by atoms with Gasteiger partial charge >= 0.3 is 0 Å². The number of rotatable bonds is 5. The molecule has 0 fully saturated rings. The molecule has 2 rings (SSSR count).